The number of pyridine rings is 1. The largest absolute Gasteiger partial charge is 0.339 e. The summed E-state index contributed by atoms with van der Waals surface area (Å²) in [5, 5.41) is 3.72. The Hall–Kier alpha value is -2.85. The Morgan fingerprint density at radius 3 is 2.42 bits per heavy atom. The molecule has 2 aromatic heterocycles. The van der Waals surface area contributed by atoms with E-state index in [0.717, 1.165) is 17.0 Å². The van der Waals surface area contributed by atoms with Crippen molar-refractivity contribution in [1.29, 1.82) is 0 Å². The first-order valence-corrected chi connectivity index (χ1v) is 8.68. The van der Waals surface area contributed by atoms with Gasteiger partial charge in [0, 0.05) is 11.4 Å². The van der Waals surface area contributed by atoms with Gasteiger partial charge < -0.3 is 5.32 Å². The maximum Gasteiger partial charge on any atom is 0.143 e. The molecule has 0 bridgehead atoms. The highest BCUT2D eigenvalue weighted by Gasteiger charge is 2.20. The van der Waals surface area contributed by atoms with Crippen LogP contribution in [-0.2, 0) is 0 Å². The van der Waals surface area contributed by atoms with Gasteiger partial charge in [-0.3, -0.25) is 4.40 Å². The fourth-order valence-corrected chi connectivity index (χ4v) is 3.29. The van der Waals surface area contributed by atoms with Gasteiger partial charge in [-0.05, 0) is 50.2 Å². The summed E-state index contributed by atoms with van der Waals surface area (Å²) in [4.78, 5) is 4.66. The molecule has 0 fully saturated rings. The first-order chi connectivity index (χ1) is 12.5. The molecule has 0 spiro atoms. The van der Waals surface area contributed by atoms with E-state index in [-0.39, 0.29) is 0 Å². The summed E-state index contributed by atoms with van der Waals surface area (Å²) in [5.41, 5.74) is 4.57. The third-order valence-corrected chi connectivity index (χ3v) is 4.67. The van der Waals surface area contributed by atoms with Crippen LogP contribution in [0.1, 0.15) is 11.3 Å². The van der Waals surface area contributed by atoms with Crippen molar-refractivity contribution in [2.45, 2.75) is 13.8 Å². The molecule has 4 aromatic rings. The molecule has 130 valence electrons. The Balaban J connectivity index is 1.98. The summed E-state index contributed by atoms with van der Waals surface area (Å²) < 4.78 is 16.5. The highest BCUT2D eigenvalue weighted by molar-refractivity contribution is 6.33. The highest BCUT2D eigenvalue weighted by Crippen LogP contribution is 2.37. The lowest BCUT2D eigenvalue weighted by Crippen LogP contribution is -2.00. The minimum Gasteiger partial charge on any atom is -0.339 e. The molecule has 0 aliphatic rings. The van der Waals surface area contributed by atoms with Crippen LogP contribution < -0.4 is 5.32 Å². The number of aromatic nitrogens is 2. The van der Waals surface area contributed by atoms with E-state index in [2.05, 4.69) is 10.3 Å². The molecule has 5 heteroatoms. The first-order valence-electron chi connectivity index (χ1n) is 8.31. The van der Waals surface area contributed by atoms with E-state index in [1.807, 2.05) is 60.7 Å². The summed E-state index contributed by atoms with van der Waals surface area (Å²) in [6.07, 6.45) is 0. The Labute approximate surface area is 156 Å². The average Bonchev–Trinajstić information content (AvgIpc) is 2.96. The lowest BCUT2D eigenvalue weighted by atomic mass is 10.1. The predicted octanol–water partition coefficient (Wildman–Crippen LogP) is 6.15. The van der Waals surface area contributed by atoms with Gasteiger partial charge in [-0.2, -0.15) is 0 Å². The van der Waals surface area contributed by atoms with Crippen LogP contribution in [0.3, 0.4) is 0 Å². The van der Waals surface area contributed by atoms with Gasteiger partial charge >= 0.3 is 0 Å². The number of rotatable bonds is 3. The summed E-state index contributed by atoms with van der Waals surface area (Å²) >= 11 is 6.31. The zero-order chi connectivity index (χ0) is 18.3. The van der Waals surface area contributed by atoms with Crippen LogP contribution in [0.2, 0.25) is 5.02 Å². The number of aryl methyl sites for hydroxylation is 2. The van der Waals surface area contributed by atoms with Gasteiger partial charge in [0.15, 0.2) is 0 Å². The Morgan fingerprint density at radius 1 is 0.962 bits per heavy atom. The maximum absolute atomic E-state index is 14.6. The monoisotopic (exact) mass is 365 g/mol. The molecule has 2 heterocycles. The van der Waals surface area contributed by atoms with Crippen LogP contribution in [-0.4, -0.2) is 9.38 Å². The molecule has 0 aliphatic carbocycles. The van der Waals surface area contributed by atoms with Gasteiger partial charge in [-0.15, -0.1) is 0 Å². The summed E-state index contributed by atoms with van der Waals surface area (Å²) in [6, 6.07) is 18.5. The van der Waals surface area contributed by atoms with Crippen LogP contribution in [0.4, 0.5) is 15.9 Å². The number of nitrogens with zero attached hydrogens (tertiary/aromatic N) is 2. The van der Waals surface area contributed by atoms with E-state index in [9.17, 15) is 4.39 Å². The standard InChI is InChI=1S/C21H17ClFN3/c1-13-9-11-15(12-10-13)24-21-20(19-16(22)6-4-7-17(19)23)25-18-8-3-5-14(2)26(18)21/h3-12,24H,1-2H3. The highest BCUT2D eigenvalue weighted by atomic mass is 35.5. The molecule has 0 unspecified atom stereocenters. The lowest BCUT2D eigenvalue weighted by Gasteiger charge is -2.12. The number of anilines is 2. The van der Waals surface area contributed by atoms with Gasteiger partial charge in [0.1, 0.15) is 23.0 Å². The second-order valence-electron chi connectivity index (χ2n) is 6.26. The quantitative estimate of drug-likeness (QED) is 0.471. The summed E-state index contributed by atoms with van der Waals surface area (Å²) in [6.45, 7) is 4.02. The molecule has 0 amide bonds. The van der Waals surface area contributed by atoms with Crippen molar-refractivity contribution in [3.8, 4) is 11.3 Å². The number of imidazole rings is 1. The van der Waals surface area contributed by atoms with E-state index in [4.69, 9.17) is 11.6 Å². The number of hydrogen-bond acceptors (Lipinski definition) is 2. The topological polar surface area (TPSA) is 29.3 Å². The van der Waals surface area contributed by atoms with Crippen molar-refractivity contribution in [2.24, 2.45) is 0 Å². The lowest BCUT2D eigenvalue weighted by molar-refractivity contribution is 0.631. The third kappa shape index (κ3) is 2.82. The van der Waals surface area contributed by atoms with E-state index in [0.29, 0.717) is 22.1 Å². The molecule has 0 atom stereocenters. The van der Waals surface area contributed by atoms with E-state index >= 15 is 0 Å². The van der Waals surface area contributed by atoms with Crippen LogP contribution in [0.15, 0.2) is 60.7 Å². The second kappa shape index (κ2) is 6.46. The van der Waals surface area contributed by atoms with Gasteiger partial charge in [-0.25, -0.2) is 9.37 Å². The molecule has 3 nitrogen and oxygen atoms in total. The molecule has 0 saturated carbocycles. The fraction of sp³-hybridized carbons (Fsp3) is 0.0952. The van der Waals surface area contributed by atoms with Crippen LogP contribution in [0, 0.1) is 19.7 Å². The number of nitrogens with one attached hydrogen (secondary N) is 1. The molecular formula is C21H17ClFN3. The number of halogens is 2. The van der Waals surface area contributed by atoms with Gasteiger partial charge in [-0.1, -0.05) is 41.4 Å². The fourth-order valence-electron chi connectivity index (χ4n) is 3.04. The third-order valence-electron chi connectivity index (χ3n) is 4.35. The Morgan fingerprint density at radius 2 is 1.69 bits per heavy atom. The zero-order valence-corrected chi connectivity index (χ0v) is 15.2. The van der Waals surface area contributed by atoms with Crippen molar-refractivity contribution in [1.82, 2.24) is 9.38 Å². The van der Waals surface area contributed by atoms with Crippen molar-refractivity contribution >= 4 is 28.8 Å². The van der Waals surface area contributed by atoms with E-state index in [1.54, 1.807) is 12.1 Å². The van der Waals surface area contributed by atoms with Crippen molar-refractivity contribution < 1.29 is 4.39 Å². The molecule has 4 rings (SSSR count). The minimum atomic E-state index is -0.398. The van der Waals surface area contributed by atoms with Crippen LogP contribution in [0.25, 0.3) is 16.9 Å². The summed E-state index contributed by atoms with van der Waals surface area (Å²) in [5.74, 6) is 0.291. The smallest absolute Gasteiger partial charge is 0.143 e. The normalized spacial score (nSPS) is 11.1. The van der Waals surface area contributed by atoms with E-state index in [1.165, 1.54) is 11.6 Å². The molecule has 0 saturated heterocycles. The summed E-state index contributed by atoms with van der Waals surface area (Å²) in [7, 11) is 0. The van der Waals surface area contributed by atoms with Crippen molar-refractivity contribution in [3.63, 3.8) is 0 Å². The SMILES string of the molecule is Cc1ccc(Nc2c(-c3c(F)cccc3Cl)nc3cccc(C)n23)cc1. The van der Waals surface area contributed by atoms with E-state index < -0.39 is 5.82 Å². The Bertz CT molecular complexity index is 1080. The molecule has 1 N–H and O–H groups in total. The van der Waals surface area contributed by atoms with Gasteiger partial charge in [0.05, 0.1) is 10.6 Å². The molecule has 0 aliphatic heterocycles. The van der Waals surface area contributed by atoms with Crippen LogP contribution >= 0.6 is 11.6 Å². The number of benzene rings is 2. The molecule has 2 aromatic carbocycles. The van der Waals surface area contributed by atoms with Gasteiger partial charge in [0.2, 0.25) is 0 Å². The Kier molecular flexibility index (Phi) is 4.13. The average molecular weight is 366 g/mol. The number of fused-ring (bicyclic) bond motifs is 1. The molecular weight excluding hydrogens is 349 g/mol. The zero-order valence-electron chi connectivity index (χ0n) is 14.4. The maximum atomic E-state index is 14.6. The first kappa shape index (κ1) is 16.6. The molecule has 0 radical (unpaired) electrons. The van der Waals surface area contributed by atoms with Crippen molar-refractivity contribution in [2.75, 3.05) is 5.32 Å². The van der Waals surface area contributed by atoms with Crippen LogP contribution in [0.5, 0.6) is 0 Å². The minimum absolute atomic E-state index is 0.298. The van der Waals surface area contributed by atoms with Gasteiger partial charge in [0.25, 0.3) is 0 Å². The number of hydrogen-bond donors (Lipinski definition) is 1. The molecule has 26 heavy (non-hydrogen) atoms. The van der Waals surface area contributed by atoms with Crippen molar-refractivity contribution in [3.05, 3.63) is 82.8 Å². The predicted molar refractivity (Wildman–Crippen MR) is 105 cm³/mol. The second-order valence-corrected chi connectivity index (χ2v) is 6.66.